The van der Waals surface area contributed by atoms with Crippen LogP contribution in [-0.4, -0.2) is 25.0 Å². The van der Waals surface area contributed by atoms with Crippen LogP contribution in [0.25, 0.3) is 10.1 Å². The molecule has 1 aliphatic heterocycles. The summed E-state index contributed by atoms with van der Waals surface area (Å²) in [6.45, 7) is 1.72. The molecule has 2 aromatic rings. The van der Waals surface area contributed by atoms with E-state index in [9.17, 15) is 4.79 Å². The van der Waals surface area contributed by atoms with E-state index >= 15 is 0 Å². The highest BCUT2D eigenvalue weighted by atomic mass is 35.5. The zero-order valence-corrected chi connectivity index (χ0v) is 14.6. The summed E-state index contributed by atoms with van der Waals surface area (Å²) in [7, 11) is 0. The van der Waals surface area contributed by atoms with Gasteiger partial charge < -0.3 is 10.6 Å². The number of halogens is 4. The van der Waals surface area contributed by atoms with Gasteiger partial charge in [0.15, 0.2) is 0 Å². The molecule has 1 unspecified atom stereocenters. The second-order valence-electron chi connectivity index (χ2n) is 4.67. The fourth-order valence-electron chi connectivity index (χ4n) is 2.29. The first-order valence-corrected chi connectivity index (χ1v) is 8.10. The molecule has 1 aliphatic rings. The average molecular weight is 386 g/mol. The maximum absolute atomic E-state index is 12.3. The van der Waals surface area contributed by atoms with Crippen LogP contribution in [0.3, 0.4) is 0 Å². The van der Waals surface area contributed by atoms with E-state index < -0.39 is 0 Å². The second kappa shape index (κ2) is 6.90. The Kier molecular flexibility index (Phi) is 5.63. The zero-order chi connectivity index (χ0) is 14.3. The number of amides is 1. The van der Waals surface area contributed by atoms with Crippen molar-refractivity contribution in [3.63, 3.8) is 0 Å². The van der Waals surface area contributed by atoms with Gasteiger partial charge in [-0.2, -0.15) is 0 Å². The van der Waals surface area contributed by atoms with Crippen LogP contribution in [0.2, 0.25) is 15.1 Å². The molecule has 1 fully saturated rings. The predicted molar refractivity (Wildman–Crippen MR) is 92.8 cm³/mol. The fourth-order valence-corrected chi connectivity index (χ4v) is 4.57. The van der Waals surface area contributed by atoms with Crippen molar-refractivity contribution in [1.29, 1.82) is 0 Å². The Labute approximate surface area is 147 Å². The molecule has 2 N–H and O–H groups in total. The summed E-state index contributed by atoms with van der Waals surface area (Å²) in [4.78, 5) is 12.8. The maximum atomic E-state index is 12.3. The highest BCUT2D eigenvalue weighted by Gasteiger charge is 2.23. The Balaban J connectivity index is 0.00000161. The van der Waals surface area contributed by atoms with Crippen LogP contribution in [0.15, 0.2) is 12.1 Å². The lowest BCUT2D eigenvalue weighted by atomic mass is 10.2. The zero-order valence-electron chi connectivity index (χ0n) is 10.7. The molecule has 114 valence electrons. The molecule has 8 heteroatoms. The first-order valence-electron chi connectivity index (χ1n) is 6.15. The number of thiophene rings is 1. The van der Waals surface area contributed by atoms with E-state index in [0.717, 1.165) is 24.2 Å². The van der Waals surface area contributed by atoms with Crippen LogP contribution in [-0.2, 0) is 0 Å². The van der Waals surface area contributed by atoms with Crippen LogP contribution in [0.4, 0.5) is 0 Å². The normalized spacial score (nSPS) is 17.8. The van der Waals surface area contributed by atoms with Gasteiger partial charge in [-0.25, -0.2) is 0 Å². The molecular formula is C13H12Cl4N2OS. The van der Waals surface area contributed by atoms with E-state index in [1.54, 1.807) is 12.1 Å². The Morgan fingerprint density at radius 3 is 2.76 bits per heavy atom. The summed E-state index contributed by atoms with van der Waals surface area (Å²) in [6, 6.07) is 3.56. The first kappa shape index (κ1) is 17.1. The summed E-state index contributed by atoms with van der Waals surface area (Å²) in [5, 5.41) is 8.28. The van der Waals surface area contributed by atoms with Crippen LogP contribution >= 0.6 is 58.5 Å². The summed E-state index contributed by atoms with van der Waals surface area (Å²) in [5.74, 6) is -0.155. The molecule has 0 saturated carbocycles. The molecule has 21 heavy (non-hydrogen) atoms. The van der Waals surface area contributed by atoms with Crippen LogP contribution in [0.5, 0.6) is 0 Å². The van der Waals surface area contributed by atoms with Crippen molar-refractivity contribution in [1.82, 2.24) is 10.6 Å². The quantitative estimate of drug-likeness (QED) is 0.805. The largest absolute Gasteiger partial charge is 0.347 e. The van der Waals surface area contributed by atoms with Gasteiger partial charge >= 0.3 is 0 Å². The topological polar surface area (TPSA) is 41.1 Å². The number of benzene rings is 1. The molecule has 1 atom stereocenters. The average Bonchev–Trinajstić information content (AvgIpc) is 2.97. The third-order valence-electron chi connectivity index (χ3n) is 3.25. The fraction of sp³-hybridized carbons (Fsp3) is 0.308. The van der Waals surface area contributed by atoms with E-state index in [4.69, 9.17) is 34.8 Å². The summed E-state index contributed by atoms with van der Waals surface area (Å²) in [5.41, 5.74) is 0. The summed E-state index contributed by atoms with van der Waals surface area (Å²) in [6.07, 6.45) is 0.931. The molecule has 1 aromatic heterocycles. The van der Waals surface area contributed by atoms with E-state index in [1.165, 1.54) is 11.3 Å². The molecule has 0 spiro atoms. The van der Waals surface area contributed by atoms with Gasteiger partial charge in [-0.05, 0) is 25.1 Å². The number of hydrogen-bond donors (Lipinski definition) is 2. The lowest BCUT2D eigenvalue weighted by Crippen LogP contribution is -2.35. The minimum Gasteiger partial charge on any atom is -0.347 e. The van der Waals surface area contributed by atoms with Gasteiger partial charge in [0.1, 0.15) is 4.88 Å². The maximum Gasteiger partial charge on any atom is 0.263 e. The first-order chi connectivity index (χ1) is 9.56. The third kappa shape index (κ3) is 3.41. The van der Waals surface area contributed by atoms with Gasteiger partial charge in [0.2, 0.25) is 0 Å². The Bertz CT molecular complexity index is 682. The lowest BCUT2D eigenvalue weighted by molar-refractivity contribution is 0.0944. The lowest BCUT2D eigenvalue weighted by Gasteiger charge is -2.10. The Morgan fingerprint density at radius 1 is 1.33 bits per heavy atom. The van der Waals surface area contributed by atoms with E-state index in [-0.39, 0.29) is 24.4 Å². The minimum absolute atomic E-state index is 0. The Morgan fingerprint density at radius 2 is 2.10 bits per heavy atom. The molecule has 0 aliphatic carbocycles. The number of carbonyl (C=O) groups excluding carboxylic acids is 1. The Hall–Kier alpha value is -0.230. The highest BCUT2D eigenvalue weighted by molar-refractivity contribution is 7.21. The van der Waals surface area contributed by atoms with Crippen molar-refractivity contribution in [2.24, 2.45) is 0 Å². The minimum atomic E-state index is -0.155. The van der Waals surface area contributed by atoms with Gasteiger partial charge in [-0.1, -0.05) is 34.8 Å². The second-order valence-corrected chi connectivity index (χ2v) is 6.94. The standard InChI is InChI=1S/C13H11Cl3N2OS.ClH/c14-6-3-8(15)10-9(4-6)20-12(11(10)16)13(19)18-7-1-2-17-5-7;/h3-4,7,17H,1-2,5H2,(H,18,19);1H. The summed E-state index contributed by atoms with van der Waals surface area (Å²) >= 11 is 19.7. The monoisotopic (exact) mass is 384 g/mol. The number of rotatable bonds is 2. The number of fused-ring (bicyclic) bond motifs is 1. The number of nitrogens with one attached hydrogen (secondary N) is 2. The molecule has 1 amide bonds. The molecule has 3 nitrogen and oxygen atoms in total. The summed E-state index contributed by atoms with van der Waals surface area (Å²) < 4.78 is 0.821. The van der Waals surface area contributed by atoms with Gasteiger partial charge in [0.05, 0.1) is 10.0 Å². The molecule has 0 bridgehead atoms. The van der Waals surface area contributed by atoms with Crippen LogP contribution in [0.1, 0.15) is 16.1 Å². The molecule has 1 aromatic carbocycles. The van der Waals surface area contributed by atoms with Crippen molar-refractivity contribution < 1.29 is 4.79 Å². The smallest absolute Gasteiger partial charge is 0.263 e. The van der Waals surface area contributed by atoms with Gasteiger partial charge in [-0.15, -0.1) is 23.7 Å². The molecule has 2 heterocycles. The van der Waals surface area contributed by atoms with Crippen LogP contribution < -0.4 is 10.6 Å². The van der Waals surface area contributed by atoms with Crippen molar-refractivity contribution in [2.75, 3.05) is 13.1 Å². The highest BCUT2D eigenvalue weighted by Crippen LogP contribution is 2.41. The van der Waals surface area contributed by atoms with Crippen molar-refractivity contribution >= 4 is 74.5 Å². The SMILES string of the molecule is Cl.O=C(NC1CCNC1)c1sc2cc(Cl)cc(Cl)c2c1Cl. The van der Waals surface area contributed by atoms with E-state index in [1.807, 2.05) is 0 Å². The van der Waals surface area contributed by atoms with Gasteiger partial charge in [0, 0.05) is 27.7 Å². The predicted octanol–water partition coefficient (Wildman–Crippen LogP) is 4.38. The van der Waals surface area contributed by atoms with Crippen molar-refractivity contribution in [2.45, 2.75) is 12.5 Å². The van der Waals surface area contributed by atoms with E-state index in [0.29, 0.717) is 25.3 Å². The van der Waals surface area contributed by atoms with Crippen molar-refractivity contribution in [3.8, 4) is 0 Å². The van der Waals surface area contributed by atoms with Gasteiger partial charge in [0.25, 0.3) is 5.91 Å². The van der Waals surface area contributed by atoms with Crippen LogP contribution in [0, 0.1) is 0 Å². The molecule has 1 saturated heterocycles. The third-order valence-corrected chi connectivity index (χ3v) is 5.39. The van der Waals surface area contributed by atoms with Gasteiger partial charge in [-0.3, -0.25) is 4.79 Å². The number of hydrogen-bond acceptors (Lipinski definition) is 3. The molecular weight excluding hydrogens is 374 g/mol. The molecule has 0 radical (unpaired) electrons. The van der Waals surface area contributed by atoms with E-state index in [2.05, 4.69) is 10.6 Å². The van der Waals surface area contributed by atoms with Crippen molar-refractivity contribution in [3.05, 3.63) is 32.1 Å². The number of carbonyl (C=O) groups is 1. The molecule has 3 rings (SSSR count).